The summed E-state index contributed by atoms with van der Waals surface area (Å²) < 4.78 is 22.5. The Balaban J connectivity index is 2.03. The van der Waals surface area contributed by atoms with E-state index in [1.54, 1.807) is 18.5 Å². The van der Waals surface area contributed by atoms with Gasteiger partial charge in [-0.3, -0.25) is 0 Å². The first-order chi connectivity index (χ1) is 8.55. The lowest BCUT2D eigenvalue weighted by molar-refractivity contribution is 0.598. The van der Waals surface area contributed by atoms with E-state index < -0.39 is 9.84 Å². The van der Waals surface area contributed by atoms with Crippen molar-refractivity contribution in [1.82, 2.24) is 9.97 Å². The summed E-state index contributed by atoms with van der Waals surface area (Å²) in [5.74, 6) is 0.768. The van der Waals surface area contributed by atoms with Crippen LogP contribution in [0.5, 0.6) is 0 Å². The van der Waals surface area contributed by atoms with E-state index in [0.717, 1.165) is 17.6 Å². The zero-order chi connectivity index (χ0) is 13.0. The van der Waals surface area contributed by atoms with E-state index in [1.807, 2.05) is 18.2 Å². The molecule has 2 aromatic rings. The van der Waals surface area contributed by atoms with Crippen LogP contribution in [0.4, 0.5) is 5.82 Å². The molecule has 2 rings (SSSR count). The molecule has 2 aromatic heterocycles. The van der Waals surface area contributed by atoms with Gasteiger partial charge in [0.25, 0.3) is 0 Å². The topological polar surface area (TPSA) is 72.0 Å². The summed E-state index contributed by atoms with van der Waals surface area (Å²) in [6, 6.07) is 8.83. The maximum atomic E-state index is 11.2. The summed E-state index contributed by atoms with van der Waals surface area (Å²) >= 11 is 0. The average molecular weight is 263 g/mol. The van der Waals surface area contributed by atoms with Gasteiger partial charge >= 0.3 is 0 Å². The lowest BCUT2D eigenvalue weighted by Crippen LogP contribution is -2.04. The second-order valence-corrected chi connectivity index (χ2v) is 5.81. The Morgan fingerprint density at radius 3 is 2.56 bits per heavy atom. The van der Waals surface area contributed by atoms with Crippen LogP contribution in [-0.4, -0.2) is 24.6 Å². The van der Waals surface area contributed by atoms with Gasteiger partial charge in [-0.25, -0.2) is 18.4 Å². The second kappa shape index (κ2) is 5.14. The maximum absolute atomic E-state index is 11.2. The third kappa shape index (κ3) is 3.27. The largest absolute Gasteiger partial charge is 0.366 e. The minimum absolute atomic E-state index is 0.0871. The van der Waals surface area contributed by atoms with Crippen molar-refractivity contribution < 1.29 is 8.42 Å². The number of nitrogens with one attached hydrogen (secondary N) is 1. The minimum atomic E-state index is -3.23. The number of hydrogen-bond donors (Lipinski definition) is 1. The first-order valence-corrected chi connectivity index (χ1v) is 7.25. The van der Waals surface area contributed by atoms with Crippen LogP contribution in [0.25, 0.3) is 0 Å². The van der Waals surface area contributed by atoms with E-state index in [4.69, 9.17) is 0 Å². The normalized spacial score (nSPS) is 11.2. The lowest BCUT2D eigenvalue weighted by Gasteiger charge is -2.05. The smallest absolute Gasteiger partial charge is 0.192 e. The number of pyridine rings is 2. The van der Waals surface area contributed by atoms with Crippen molar-refractivity contribution >= 4 is 15.7 Å². The fourth-order valence-electron chi connectivity index (χ4n) is 1.39. The van der Waals surface area contributed by atoms with E-state index >= 15 is 0 Å². The number of sulfone groups is 1. The van der Waals surface area contributed by atoms with Gasteiger partial charge < -0.3 is 5.32 Å². The molecule has 0 atom stereocenters. The molecule has 0 aromatic carbocycles. The van der Waals surface area contributed by atoms with E-state index in [9.17, 15) is 8.42 Å². The molecule has 0 amide bonds. The first-order valence-electron chi connectivity index (χ1n) is 5.35. The van der Waals surface area contributed by atoms with Crippen molar-refractivity contribution in [2.75, 3.05) is 11.6 Å². The zero-order valence-electron chi connectivity index (χ0n) is 9.87. The van der Waals surface area contributed by atoms with Crippen molar-refractivity contribution in [3.63, 3.8) is 0 Å². The van der Waals surface area contributed by atoms with Crippen molar-refractivity contribution in [1.29, 1.82) is 0 Å². The molecule has 1 N–H and O–H groups in total. The van der Waals surface area contributed by atoms with Gasteiger partial charge in [0.1, 0.15) is 5.82 Å². The summed E-state index contributed by atoms with van der Waals surface area (Å²) in [7, 11) is -3.23. The predicted octanol–water partition coefficient (Wildman–Crippen LogP) is 1.49. The Morgan fingerprint density at radius 1 is 1.17 bits per heavy atom. The van der Waals surface area contributed by atoms with Crippen LogP contribution >= 0.6 is 0 Å². The molecule has 5 nitrogen and oxygen atoms in total. The predicted molar refractivity (Wildman–Crippen MR) is 68.9 cm³/mol. The van der Waals surface area contributed by atoms with Crippen LogP contribution in [0.2, 0.25) is 0 Å². The summed E-state index contributed by atoms with van der Waals surface area (Å²) in [6.07, 6.45) is 4.39. The van der Waals surface area contributed by atoms with E-state index in [-0.39, 0.29) is 5.03 Å². The number of hydrogen-bond acceptors (Lipinski definition) is 5. The highest BCUT2D eigenvalue weighted by molar-refractivity contribution is 7.90. The summed E-state index contributed by atoms with van der Waals surface area (Å²) in [5, 5.41) is 3.21. The van der Waals surface area contributed by atoms with Crippen molar-refractivity contribution in [3.8, 4) is 0 Å². The molecular weight excluding hydrogens is 250 g/mol. The quantitative estimate of drug-likeness (QED) is 0.905. The van der Waals surface area contributed by atoms with E-state index in [0.29, 0.717) is 6.54 Å². The Labute approximate surface area is 106 Å². The van der Waals surface area contributed by atoms with Gasteiger partial charge in [-0.1, -0.05) is 12.1 Å². The molecule has 2 heterocycles. The minimum Gasteiger partial charge on any atom is -0.366 e. The number of anilines is 1. The molecular formula is C12H13N3O2S. The molecule has 0 fully saturated rings. The molecule has 94 valence electrons. The first kappa shape index (κ1) is 12.5. The third-order valence-electron chi connectivity index (χ3n) is 2.32. The lowest BCUT2D eigenvalue weighted by atomic mass is 10.3. The van der Waals surface area contributed by atoms with Gasteiger partial charge in [0.2, 0.25) is 0 Å². The van der Waals surface area contributed by atoms with E-state index in [1.165, 1.54) is 6.07 Å². The fraction of sp³-hybridized carbons (Fsp3) is 0.167. The van der Waals surface area contributed by atoms with Gasteiger partial charge in [0.05, 0.1) is 0 Å². The molecule has 0 radical (unpaired) electrons. The van der Waals surface area contributed by atoms with Crippen molar-refractivity contribution in [2.45, 2.75) is 11.6 Å². The Kier molecular flexibility index (Phi) is 3.57. The molecule has 0 bridgehead atoms. The number of rotatable bonds is 4. The Hall–Kier alpha value is -1.95. The summed E-state index contributed by atoms with van der Waals surface area (Å²) in [6.45, 7) is 0.550. The molecule has 0 saturated heterocycles. The molecule has 0 aliphatic carbocycles. The monoisotopic (exact) mass is 263 g/mol. The van der Waals surface area contributed by atoms with Crippen LogP contribution < -0.4 is 5.32 Å². The highest BCUT2D eigenvalue weighted by Crippen LogP contribution is 2.08. The maximum Gasteiger partial charge on any atom is 0.192 e. The van der Waals surface area contributed by atoms with Crippen molar-refractivity contribution in [3.05, 3.63) is 48.3 Å². The molecule has 0 aliphatic heterocycles. The second-order valence-electron chi connectivity index (χ2n) is 3.85. The number of aromatic nitrogens is 2. The van der Waals surface area contributed by atoms with Crippen LogP contribution in [0.15, 0.2) is 47.8 Å². The third-order valence-corrected chi connectivity index (χ3v) is 3.32. The van der Waals surface area contributed by atoms with Gasteiger partial charge in [-0.2, -0.15) is 0 Å². The molecule has 18 heavy (non-hydrogen) atoms. The molecule has 0 spiro atoms. The van der Waals surface area contributed by atoms with Gasteiger partial charge in [-0.15, -0.1) is 0 Å². The SMILES string of the molecule is CS(=O)(=O)c1ccc(CNc2ccccn2)cn1. The van der Waals surface area contributed by atoms with Crippen LogP contribution in [-0.2, 0) is 16.4 Å². The van der Waals surface area contributed by atoms with Crippen LogP contribution in [0.3, 0.4) is 0 Å². The summed E-state index contributed by atoms with van der Waals surface area (Å²) in [4.78, 5) is 8.04. The highest BCUT2D eigenvalue weighted by atomic mass is 32.2. The van der Waals surface area contributed by atoms with Gasteiger partial charge in [0.15, 0.2) is 14.9 Å². The van der Waals surface area contributed by atoms with Crippen LogP contribution in [0.1, 0.15) is 5.56 Å². The molecule has 6 heteroatoms. The van der Waals surface area contributed by atoms with E-state index in [2.05, 4.69) is 15.3 Å². The van der Waals surface area contributed by atoms with Gasteiger partial charge in [0, 0.05) is 25.2 Å². The zero-order valence-corrected chi connectivity index (χ0v) is 10.7. The Morgan fingerprint density at radius 2 is 2.00 bits per heavy atom. The fourth-order valence-corrected chi connectivity index (χ4v) is 1.95. The van der Waals surface area contributed by atoms with Crippen molar-refractivity contribution in [2.24, 2.45) is 0 Å². The summed E-state index contributed by atoms with van der Waals surface area (Å²) in [5.41, 5.74) is 0.896. The molecule has 0 unspecified atom stereocenters. The molecule has 0 aliphatic rings. The average Bonchev–Trinajstić information content (AvgIpc) is 2.37. The van der Waals surface area contributed by atoms with Crippen LogP contribution in [0, 0.1) is 0 Å². The standard InChI is InChI=1S/C12H13N3O2S/c1-18(16,17)12-6-5-10(9-15-12)8-14-11-4-2-3-7-13-11/h2-7,9H,8H2,1H3,(H,13,14). The highest BCUT2D eigenvalue weighted by Gasteiger charge is 2.07. The number of nitrogens with zero attached hydrogens (tertiary/aromatic N) is 2. The Bertz CT molecular complexity index is 610. The van der Waals surface area contributed by atoms with Gasteiger partial charge in [-0.05, 0) is 23.8 Å². The molecule has 0 saturated carbocycles.